The summed E-state index contributed by atoms with van der Waals surface area (Å²) in [5.41, 5.74) is 4.41. The van der Waals surface area contributed by atoms with Gasteiger partial charge in [-0.3, -0.25) is 0 Å². The van der Waals surface area contributed by atoms with Gasteiger partial charge >= 0.3 is 0 Å². The van der Waals surface area contributed by atoms with Crippen molar-refractivity contribution in [2.45, 2.75) is 0 Å². The van der Waals surface area contributed by atoms with E-state index in [0.717, 1.165) is 43.6 Å². The monoisotopic (exact) mass is 525 g/mol. The van der Waals surface area contributed by atoms with Crippen LogP contribution in [0.25, 0.3) is 87.3 Å². The third-order valence-electron chi connectivity index (χ3n) is 8.31. The van der Waals surface area contributed by atoms with Crippen molar-refractivity contribution in [3.8, 4) is 22.3 Å². The molecule has 0 unspecified atom stereocenters. The quantitative estimate of drug-likeness (QED) is 0.162. The number of furan rings is 1. The zero-order valence-corrected chi connectivity index (χ0v) is 21.9. The van der Waals surface area contributed by atoms with Crippen LogP contribution in [0.2, 0.25) is 0 Å². The molecule has 1 aromatic heterocycles. The topological polar surface area (TPSA) is 13.1 Å². The molecule has 0 N–H and O–H groups in total. The molecule has 0 bridgehead atoms. The van der Waals surface area contributed by atoms with E-state index < -0.39 is 6.04 Å². The van der Waals surface area contributed by atoms with Crippen LogP contribution in [-0.2, 0) is 0 Å². The third-order valence-corrected chi connectivity index (χ3v) is 8.31. The lowest BCUT2D eigenvalue weighted by atomic mass is 9.88. The van der Waals surface area contributed by atoms with E-state index in [0.29, 0.717) is 11.1 Å². The van der Waals surface area contributed by atoms with Gasteiger partial charge in [0.25, 0.3) is 0 Å². The van der Waals surface area contributed by atoms with Crippen LogP contribution in [0.5, 0.6) is 0 Å². The molecule has 9 aromatic rings. The Bertz CT molecular complexity index is 2730. The van der Waals surface area contributed by atoms with Crippen molar-refractivity contribution in [1.82, 2.24) is 0 Å². The largest absolute Gasteiger partial charge is 0.455 e. The molecule has 0 aliphatic rings. The van der Waals surface area contributed by atoms with Gasteiger partial charge in [0.05, 0.1) is 6.85 Å². The second kappa shape index (κ2) is 8.55. The van der Waals surface area contributed by atoms with Crippen LogP contribution >= 0.6 is 0 Å². The van der Waals surface area contributed by atoms with Gasteiger partial charge in [-0.1, -0.05) is 121 Å². The fourth-order valence-corrected chi connectivity index (χ4v) is 6.47. The van der Waals surface area contributed by atoms with E-state index >= 15 is 0 Å². The summed E-state index contributed by atoms with van der Waals surface area (Å²) in [6.45, 7) is 0. The maximum atomic E-state index is 8.54. The van der Waals surface area contributed by atoms with E-state index in [1.165, 1.54) is 26.9 Å². The summed E-state index contributed by atoms with van der Waals surface area (Å²) >= 11 is 0. The zero-order chi connectivity index (χ0) is 31.3. The standard InChI is InChI=1S/C40H24O/c1-2-9-25(10-3-1)28-18-17-27-20-22-34-39-33(15-8-16-37(39)41-40(34)35(27)23-28)38-31-14-7-5-12-29(31)24-36-30-13-6-4-11-26(30)19-21-32(36)38/h1-24H/i1D,2D,3D,9D,10D. The Labute approximate surface area is 243 Å². The lowest BCUT2D eigenvalue weighted by Crippen LogP contribution is -1.88. The highest BCUT2D eigenvalue weighted by Crippen LogP contribution is 2.45. The van der Waals surface area contributed by atoms with Crippen LogP contribution in [-0.4, -0.2) is 0 Å². The van der Waals surface area contributed by atoms with Crippen molar-refractivity contribution < 1.29 is 11.3 Å². The number of hydrogen-bond donors (Lipinski definition) is 0. The smallest absolute Gasteiger partial charge is 0.143 e. The van der Waals surface area contributed by atoms with Gasteiger partial charge in [0.2, 0.25) is 0 Å². The van der Waals surface area contributed by atoms with Crippen molar-refractivity contribution in [3.05, 3.63) is 145 Å². The SMILES string of the molecule is [2H]c1c([2H])c([2H])c(-c2ccc3ccc4c(oc5cccc(-c6c7ccccc7cc7c6ccc6ccccc67)c54)c3c2)c([2H])c1[2H]. The molecule has 0 saturated heterocycles. The van der Waals surface area contributed by atoms with Gasteiger partial charge in [0.15, 0.2) is 0 Å². The normalized spacial score (nSPS) is 13.6. The maximum Gasteiger partial charge on any atom is 0.143 e. The maximum absolute atomic E-state index is 8.54. The molecule has 1 heterocycles. The molecule has 0 aliphatic heterocycles. The van der Waals surface area contributed by atoms with E-state index in [1.54, 1.807) is 0 Å². The fourth-order valence-electron chi connectivity index (χ4n) is 6.47. The highest BCUT2D eigenvalue weighted by molar-refractivity contribution is 6.26. The zero-order valence-electron chi connectivity index (χ0n) is 26.9. The summed E-state index contributed by atoms with van der Waals surface area (Å²) in [5, 5.41) is 10.8. The molecule has 0 aliphatic carbocycles. The summed E-state index contributed by atoms with van der Waals surface area (Å²) in [6, 6.07) is 38.1. The van der Waals surface area contributed by atoms with E-state index in [9.17, 15) is 0 Å². The van der Waals surface area contributed by atoms with Crippen molar-refractivity contribution in [2.75, 3.05) is 0 Å². The van der Waals surface area contributed by atoms with Crippen molar-refractivity contribution in [1.29, 1.82) is 0 Å². The molecule has 0 saturated carbocycles. The van der Waals surface area contributed by atoms with Crippen LogP contribution in [0.1, 0.15) is 6.85 Å². The fraction of sp³-hybridized carbons (Fsp3) is 0. The first-order chi connectivity index (χ1) is 22.4. The summed E-state index contributed by atoms with van der Waals surface area (Å²) in [6.07, 6.45) is 0. The second-order valence-electron chi connectivity index (χ2n) is 10.5. The summed E-state index contributed by atoms with van der Waals surface area (Å²) in [7, 11) is 0. The van der Waals surface area contributed by atoms with E-state index in [2.05, 4.69) is 84.9 Å². The molecule has 0 fully saturated rings. The molecular weight excluding hydrogens is 496 g/mol. The number of rotatable bonds is 2. The van der Waals surface area contributed by atoms with Gasteiger partial charge in [-0.2, -0.15) is 0 Å². The molecule has 0 radical (unpaired) electrons. The van der Waals surface area contributed by atoms with Gasteiger partial charge in [0.1, 0.15) is 11.2 Å². The molecule has 8 aromatic carbocycles. The first-order valence-electron chi connectivity index (χ1n) is 16.2. The van der Waals surface area contributed by atoms with Crippen LogP contribution in [0.4, 0.5) is 0 Å². The highest BCUT2D eigenvalue weighted by atomic mass is 16.3. The van der Waals surface area contributed by atoms with Crippen LogP contribution in [0, 0.1) is 0 Å². The van der Waals surface area contributed by atoms with E-state index in [1.807, 2.05) is 30.3 Å². The number of hydrogen-bond acceptors (Lipinski definition) is 1. The summed E-state index contributed by atoms with van der Waals surface area (Å²) < 4.78 is 48.1. The lowest BCUT2D eigenvalue weighted by molar-refractivity contribution is 0.673. The van der Waals surface area contributed by atoms with Gasteiger partial charge in [-0.15, -0.1) is 0 Å². The Morgan fingerprint density at radius 3 is 2.07 bits per heavy atom. The van der Waals surface area contributed by atoms with E-state index in [-0.39, 0.29) is 29.7 Å². The average molecular weight is 526 g/mol. The predicted octanol–water partition coefficient (Wildman–Crippen LogP) is 11.5. The summed E-state index contributed by atoms with van der Waals surface area (Å²) in [4.78, 5) is 0. The first-order valence-corrected chi connectivity index (χ1v) is 13.7. The number of fused-ring (bicyclic) bond motifs is 9. The van der Waals surface area contributed by atoms with Crippen molar-refractivity contribution in [2.24, 2.45) is 0 Å². The minimum atomic E-state index is -0.402. The molecule has 9 rings (SSSR count). The predicted molar refractivity (Wildman–Crippen MR) is 175 cm³/mol. The molecule has 190 valence electrons. The minimum Gasteiger partial charge on any atom is -0.455 e. The molecule has 0 atom stereocenters. The van der Waals surface area contributed by atoms with Gasteiger partial charge in [0, 0.05) is 16.2 Å². The van der Waals surface area contributed by atoms with E-state index in [4.69, 9.17) is 11.3 Å². The Hall–Kier alpha value is -5.40. The first kappa shape index (κ1) is 18.0. The molecule has 41 heavy (non-hydrogen) atoms. The number of benzene rings is 8. The van der Waals surface area contributed by atoms with Crippen molar-refractivity contribution >= 4 is 65.0 Å². The lowest BCUT2D eigenvalue weighted by Gasteiger charge is -2.15. The molecule has 0 spiro atoms. The van der Waals surface area contributed by atoms with Crippen molar-refractivity contribution in [3.63, 3.8) is 0 Å². The molecule has 0 amide bonds. The Balaban J connectivity index is 1.37. The van der Waals surface area contributed by atoms with Gasteiger partial charge in [-0.05, 0) is 84.2 Å². The minimum absolute atomic E-state index is 0.177. The third kappa shape index (κ3) is 3.30. The molecule has 1 nitrogen and oxygen atoms in total. The Kier molecular flexibility index (Phi) is 3.76. The van der Waals surface area contributed by atoms with Gasteiger partial charge < -0.3 is 4.42 Å². The average Bonchev–Trinajstić information content (AvgIpc) is 3.49. The molecule has 1 heteroatoms. The van der Waals surface area contributed by atoms with Crippen LogP contribution in [0.15, 0.2) is 150 Å². The van der Waals surface area contributed by atoms with Crippen LogP contribution in [0.3, 0.4) is 0 Å². The molecular formula is C40H24O. The Morgan fingerprint density at radius 1 is 0.463 bits per heavy atom. The summed E-state index contributed by atoms with van der Waals surface area (Å²) in [5.74, 6) is 0. The van der Waals surface area contributed by atoms with Gasteiger partial charge in [-0.25, -0.2) is 0 Å². The van der Waals surface area contributed by atoms with Crippen LogP contribution < -0.4 is 0 Å². The Morgan fingerprint density at radius 2 is 1.20 bits per heavy atom. The second-order valence-corrected chi connectivity index (χ2v) is 10.5. The highest BCUT2D eigenvalue weighted by Gasteiger charge is 2.19.